The summed E-state index contributed by atoms with van der Waals surface area (Å²) in [5.41, 5.74) is 2.60. The molecule has 1 atom stereocenters. The van der Waals surface area contributed by atoms with Crippen LogP contribution >= 0.6 is 11.6 Å². The van der Waals surface area contributed by atoms with Gasteiger partial charge in [0.15, 0.2) is 0 Å². The van der Waals surface area contributed by atoms with E-state index < -0.39 is 0 Å². The van der Waals surface area contributed by atoms with Gasteiger partial charge in [0.25, 0.3) is 5.91 Å². The van der Waals surface area contributed by atoms with Crippen molar-refractivity contribution < 1.29 is 9.18 Å². The van der Waals surface area contributed by atoms with Crippen molar-refractivity contribution in [3.8, 4) is 11.3 Å². The van der Waals surface area contributed by atoms with E-state index in [0.29, 0.717) is 23.0 Å². The molecule has 140 valence electrons. The van der Waals surface area contributed by atoms with Crippen LogP contribution in [0.15, 0.2) is 54.6 Å². The topological polar surface area (TPSA) is 61.0 Å². The quantitative estimate of drug-likeness (QED) is 0.675. The molecule has 2 N–H and O–H groups in total. The van der Waals surface area contributed by atoms with E-state index in [-0.39, 0.29) is 17.8 Å². The van der Waals surface area contributed by atoms with Crippen LogP contribution < -0.4 is 5.32 Å². The number of rotatable bonds is 6. The number of hydrogen-bond acceptors (Lipinski definition) is 3. The fourth-order valence-electron chi connectivity index (χ4n) is 2.83. The molecule has 0 bridgehead atoms. The summed E-state index contributed by atoms with van der Waals surface area (Å²) < 4.78 is 13.5. The van der Waals surface area contributed by atoms with Crippen molar-refractivity contribution in [3.05, 3.63) is 76.7 Å². The number of halogens is 2. The second-order valence-electron chi connectivity index (χ2n) is 6.42. The summed E-state index contributed by atoms with van der Waals surface area (Å²) in [5, 5.41) is 10.4. The molecule has 0 saturated carbocycles. The van der Waals surface area contributed by atoms with E-state index in [4.69, 9.17) is 11.6 Å². The van der Waals surface area contributed by atoms with Crippen LogP contribution in [0.1, 0.15) is 22.1 Å². The van der Waals surface area contributed by atoms with Gasteiger partial charge in [-0.3, -0.25) is 9.89 Å². The average Bonchev–Trinajstić information content (AvgIpc) is 3.12. The highest BCUT2D eigenvalue weighted by Gasteiger charge is 2.17. The Bertz CT molecular complexity index is 941. The van der Waals surface area contributed by atoms with Crippen LogP contribution in [0.5, 0.6) is 0 Å². The van der Waals surface area contributed by atoms with Crippen molar-refractivity contribution >= 4 is 17.5 Å². The first-order chi connectivity index (χ1) is 12.9. The molecule has 0 spiro atoms. The van der Waals surface area contributed by atoms with Crippen LogP contribution in [0.2, 0.25) is 5.02 Å². The van der Waals surface area contributed by atoms with Gasteiger partial charge in [-0.2, -0.15) is 5.10 Å². The van der Waals surface area contributed by atoms with E-state index in [0.717, 1.165) is 11.1 Å². The number of hydrogen-bond donors (Lipinski definition) is 2. The summed E-state index contributed by atoms with van der Waals surface area (Å²) >= 11 is 6.00. The normalized spacial score (nSPS) is 12.2. The van der Waals surface area contributed by atoms with Crippen LogP contribution in [0.3, 0.4) is 0 Å². The predicted molar refractivity (Wildman–Crippen MR) is 104 cm³/mol. The summed E-state index contributed by atoms with van der Waals surface area (Å²) in [6.07, 6.45) is 0. The predicted octanol–water partition coefficient (Wildman–Crippen LogP) is 3.90. The third-order valence-electron chi connectivity index (χ3n) is 4.26. The lowest BCUT2D eigenvalue weighted by atomic mass is 10.1. The first kappa shape index (κ1) is 19.1. The number of nitrogens with zero attached hydrogens (tertiary/aromatic N) is 2. The van der Waals surface area contributed by atoms with Gasteiger partial charge >= 0.3 is 0 Å². The van der Waals surface area contributed by atoms with Gasteiger partial charge in [0.05, 0.1) is 11.7 Å². The zero-order valence-corrected chi connectivity index (χ0v) is 15.8. The molecule has 0 radical (unpaired) electrons. The summed E-state index contributed by atoms with van der Waals surface area (Å²) in [5.74, 6) is -0.579. The standard InChI is InChI=1S/C20H20ClFN4O/c1-26(2)19(14-6-4-8-16(22)10-14)12-23-20(27)18-11-17(24-25-18)13-5-3-7-15(21)9-13/h3-11,19H,12H2,1-2H3,(H,23,27)(H,24,25). The SMILES string of the molecule is CN(C)C(CNC(=O)c1cc(-c2cccc(Cl)c2)n[nH]1)c1cccc(F)c1. The van der Waals surface area contributed by atoms with Gasteiger partial charge in [-0.05, 0) is 50.0 Å². The van der Waals surface area contributed by atoms with Crippen molar-refractivity contribution in [1.82, 2.24) is 20.4 Å². The second-order valence-corrected chi connectivity index (χ2v) is 6.86. The third kappa shape index (κ3) is 4.72. The summed E-state index contributed by atoms with van der Waals surface area (Å²) in [6.45, 7) is 0.334. The van der Waals surface area contributed by atoms with Crippen LogP contribution in [0, 0.1) is 5.82 Å². The molecule has 27 heavy (non-hydrogen) atoms. The van der Waals surface area contributed by atoms with Gasteiger partial charge in [-0.1, -0.05) is 35.9 Å². The molecule has 3 aromatic rings. The van der Waals surface area contributed by atoms with E-state index in [2.05, 4.69) is 15.5 Å². The molecule has 1 amide bonds. The maximum absolute atomic E-state index is 13.5. The van der Waals surface area contributed by atoms with Crippen LogP contribution in [0.25, 0.3) is 11.3 Å². The average molecular weight is 387 g/mol. The minimum atomic E-state index is -0.301. The first-order valence-corrected chi connectivity index (χ1v) is 8.83. The number of H-pyrrole nitrogens is 1. The van der Waals surface area contributed by atoms with Crippen LogP contribution in [0.4, 0.5) is 4.39 Å². The highest BCUT2D eigenvalue weighted by atomic mass is 35.5. The molecule has 0 aliphatic heterocycles. The molecule has 1 heterocycles. The highest BCUT2D eigenvalue weighted by molar-refractivity contribution is 6.30. The van der Waals surface area contributed by atoms with E-state index in [1.807, 2.05) is 37.2 Å². The summed E-state index contributed by atoms with van der Waals surface area (Å²) in [6, 6.07) is 15.2. The Morgan fingerprint density at radius 3 is 2.70 bits per heavy atom. The largest absolute Gasteiger partial charge is 0.349 e. The van der Waals surface area contributed by atoms with Crippen molar-refractivity contribution in [2.45, 2.75) is 6.04 Å². The number of likely N-dealkylation sites (N-methyl/N-ethyl adjacent to an activating group) is 1. The molecule has 5 nitrogen and oxygen atoms in total. The van der Waals surface area contributed by atoms with Crippen molar-refractivity contribution in [1.29, 1.82) is 0 Å². The van der Waals surface area contributed by atoms with Gasteiger partial charge in [0.1, 0.15) is 11.5 Å². The maximum Gasteiger partial charge on any atom is 0.269 e. The number of aromatic amines is 1. The molecule has 1 aromatic heterocycles. The van der Waals surface area contributed by atoms with E-state index in [1.165, 1.54) is 12.1 Å². The molecule has 0 saturated heterocycles. The second kappa shape index (κ2) is 8.33. The number of benzene rings is 2. The number of carbonyl (C=O) groups is 1. The fourth-order valence-corrected chi connectivity index (χ4v) is 3.02. The van der Waals surface area contributed by atoms with Crippen LogP contribution in [-0.2, 0) is 0 Å². The molecule has 7 heteroatoms. The Hall–Kier alpha value is -2.70. The molecule has 1 unspecified atom stereocenters. The minimum Gasteiger partial charge on any atom is -0.349 e. The van der Waals surface area contributed by atoms with Crippen molar-refractivity contribution in [3.63, 3.8) is 0 Å². The zero-order valence-electron chi connectivity index (χ0n) is 15.0. The van der Waals surface area contributed by atoms with Crippen molar-refractivity contribution in [2.24, 2.45) is 0 Å². The maximum atomic E-state index is 13.5. The van der Waals surface area contributed by atoms with E-state index in [1.54, 1.807) is 24.3 Å². The Labute approximate surface area is 162 Å². The lowest BCUT2D eigenvalue weighted by molar-refractivity contribution is 0.0937. The molecular formula is C20H20ClFN4O. The Morgan fingerprint density at radius 1 is 1.22 bits per heavy atom. The zero-order chi connectivity index (χ0) is 19.4. The number of carbonyl (C=O) groups excluding carboxylic acids is 1. The monoisotopic (exact) mass is 386 g/mol. The number of nitrogens with one attached hydrogen (secondary N) is 2. The Morgan fingerprint density at radius 2 is 2.00 bits per heavy atom. The van der Waals surface area contributed by atoms with Crippen molar-refractivity contribution in [2.75, 3.05) is 20.6 Å². The fraction of sp³-hybridized carbons (Fsp3) is 0.200. The molecule has 0 aliphatic rings. The van der Waals surface area contributed by atoms with Gasteiger partial charge in [0, 0.05) is 17.1 Å². The third-order valence-corrected chi connectivity index (χ3v) is 4.49. The number of aromatic nitrogens is 2. The Kier molecular flexibility index (Phi) is 5.88. The lowest BCUT2D eigenvalue weighted by Crippen LogP contribution is -2.34. The lowest BCUT2D eigenvalue weighted by Gasteiger charge is -2.25. The smallest absolute Gasteiger partial charge is 0.269 e. The molecule has 3 rings (SSSR count). The van der Waals surface area contributed by atoms with Crippen LogP contribution in [-0.4, -0.2) is 41.6 Å². The Balaban J connectivity index is 1.70. The van der Waals surface area contributed by atoms with Gasteiger partial charge < -0.3 is 10.2 Å². The van der Waals surface area contributed by atoms with E-state index >= 15 is 0 Å². The molecule has 2 aromatic carbocycles. The molecule has 0 aliphatic carbocycles. The van der Waals surface area contributed by atoms with E-state index in [9.17, 15) is 9.18 Å². The highest BCUT2D eigenvalue weighted by Crippen LogP contribution is 2.22. The minimum absolute atomic E-state index is 0.153. The summed E-state index contributed by atoms with van der Waals surface area (Å²) in [4.78, 5) is 14.4. The molecular weight excluding hydrogens is 367 g/mol. The molecule has 0 fully saturated rings. The van der Waals surface area contributed by atoms with Gasteiger partial charge in [0.2, 0.25) is 0 Å². The summed E-state index contributed by atoms with van der Waals surface area (Å²) in [7, 11) is 3.77. The first-order valence-electron chi connectivity index (χ1n) is 8.45. The van der Waals surface area contributed by atoms with Gasteiger partial charge in [-0.15, -0.1) is 0 Å². The van der Waals surface area contributed by atoms with Gasteiger partial charge in [-0.25, -0.2) is 4.39 Å². The number of amides is 1.